The summed E-state index contributed by atoms with van der Waals surface area (Å²) in [5, 5.41) is 0. The Morgan fingerprint density at radius 3 is 2.59 bits per heavy atom. The van der Waals surface area contributed by atoms with Crippen LogP contribution in [0.2, 0.25) is 0 Å². The van der Waals surface area contributed by atoms with Gasteiger partial charge in [0.1, 0.15) is 5.60 Å². The van der Waals surface area contributed by atoms with Crippen molar-refractivity contribution in [3.05, 3.63) is 11.6 Å². The highest BCUT2D eigenvalue weighted by Gasteiger charge is 2.34. The van der Waals surface area contributed by atoms with E-state index in [9.17, 15) is 9.59 Å². The summed E-state index contributed by atoms with van der Waals surface area (Å²) in [6.45, 7) is 6.16. The fraction of sp³-hybridized carbons (Fsp3) is 0.750. The van der Waals surface area contributed by atoms with Crippen LogP contribution in [0, 0.1) is 0 Å². The fourth-order valence-electron chi connectivity index (χ4n) is 2.51. The summed E-state index contributed by atoms with van der Waals surface area (Å²) < 4.78 is 10.2. The van der Waals surface area contributed by atoms with Crippen molar-refractivity contribution in [2.24, 2.45) is 0 Å². The molecule has 1 atom stereocenters. The standard InChI is InChI=1S/C16H26ClNO4/c1-16(2,3)22-15(20)18-10-6-8-13(18)12(7-5-9-17)11-14(19)21-4/h11,13H,5-10H2,1-4H3/b12-11-. The van der Waals surface area contributed by atoms with Crippen molar-refractivity contribution >= 4 is 23.7 Å². The number of esters is 1. The monoisotopic (exact) mass is 331 g/mol. The van der Waals surface area contributed by atoms with Gasteiger partial charge in [-0.05, 0) is 52.0 Å². The Bertz CT molecular complexity index is 428. The average Bonchev–Trinajstić information content (AvgIpc) is 2.90. The molecular formula is C16H26ClNO4. The predicted octanol–water partition coefficient (Wildman–Crippen LogP) is 3.50. The zero-order chi connectivity index (χ0) is 16.8. The molecule has 1 heterocycles. The van der Waals surface area contributed by atoms with Gasteiger partial charge in [-0.3, -0.25) is 0 Å². The van der Waals surface area contributed by atoms with E-state index >= 15 is 0 Å². The first-order chi connectivity index (χ1) is 10.3. The molecule has 0 spiro atoms. The van der Waals surface area contributed by atoms with Crippen molar-refractivity contribution in [3.63, 3.8) is 0 Å². The van der Waals surface area contributed by atoms with Crippen LogP contribution in [-0.4, -0.2) is 48.1 Å². The Kier molecular flexibility index (Phi) is 7.20. The van der Waals surface area contributed by atoms with Crippen LogP contribution in [0.3, 0.4) is 0 Å². The van der Waals surface area contributed by atoms with E-state index in [2.05, 4.69) is 0 Å². The van der Waals surface area contributed by atoms with Crippen molar-refractivity contribution in [2.75, 3.05) is 19.5 Å². The molecule has 1 aliphatic heterocycles. The normalized spacial score (nSPS) is 19.2. The van der Waals surface area contributed by atoms with E-state index in [0.717, 1.165) is 24.8 Å². The Hall–Kier alpha value is -1.23. The maximum Gasteiger partial charge on any atom is 0.410 e. The Balaban J connectivity index is 2.89. The summed E-state index contributed by atoms with van der Waals surface area (Å²) in [4.78, 5) is 25.6. The zero-order valence-electron chi connectivity index (χ0n) is 13.9. The van der Waals surface area contributed by atoms with Crippen molar-refractivity contribution in [1.29, 1.82) is 0 Å². The molecule has 1 aliphatic rings. The second-order valence-corrected chi connectivity index (χ2v) is 6.74. The third kappa shape index (κ3) is 5.87. The smallest absolute Gasteiger partial charge is 0.410 e. The molecule has 1 saturated heterocycles. The SMILES string of the molecule is COC(=O)/C=C(/CCCCl)C1CCCN1C(=O)OC(C)(C)C. The van der Waals surface area contributed by atoms with E-state index in [1.54, 1.807) is 4.90 Å². The van der Waals surface area contributed by atoms with Gasteiger partial charge in [-0.15, -0.1) is 11.6 Å². The number of alkyl halides is 1. The van der Waals surface area contributed by atoms with E-state index in [4.69, 9.17) is 21.1 Å². The molecule has 0 aliphatic carbocycles. The molecule has 6 heteroatoms. The Morgan fingerprint density at radius 1 is 1.36 bits per heavy atom. The largest absolute Gasteiger partial charge is 0.466 e. The lowest BCUT2D eigenvalue weighted by atomic mass is 9.99. The molecule has 126 valence electrons. The maximum atomic E-state index is 12.3. The number of hydrogen-bond acceptors (Lipinski definition) is 4. The van der Waals surface area contributed by atoms with E-state index < -0.39 is 11.6 Å². The van der Waals surface area contributed by atoms with E-state index in [-0.39, 0.29) is 12.1 Å². The minimum Gasteiger partial charge on any atom is -0.466 e. The van der Waals surface area contributed by atoms with Gasteiger partial charge in [0, 0.05) is 18.5 Å². The van der Waals surface area contributed by atoms with Crippen LogP contribution in [0.25, 0.3) is 0 Å². The molecule has 5 nitrogen and oxygen atoms in total. The van der Waals surface area contributed by atoms with Crippen LogP contribution in [0.15, 0.2) is 11.6 Å². The van der Waals surface area contributed by atoms with Crippen LogP contribution in [0.1, 0.15) is 46.5 Å². The first kappa shape index (κ1) is 18.8. The molecule has 1 fully saturated rings. The molecule has 0 radical (unpaired) electrons. The van der Waals surface area contributed by atoms with Crippen LogP contribution >= 0.6 is 11.6 Å². The number of hydrogen-bond donors (Lipinski definition) is 0. The average molecular weight is 332 g/mol. The van der Waals surface area contributed by atoms with Gasteiger partial charge in [-0.2, -0.15) is 0 Å². The van der Waals surface area contributed by atoms with E-state index in [1.807, 2.05) is 20.8 Å². The molecule has 1 amide bonds. The van der Waals surface area contributed by atoms with Crippen molar-refractivity contribution in [3.8, 4) is 0 Å². The van der Waals surface area contributed by atoms with Gasteiger partial charge >= 0.3 is 12.1 Å². The molecule has 1 rings (SSSR count). The number of halogens is 1. The van der Waals surface area contributed by atoms with Gasteiger partial charge in [0.05, 0.1) is 13.2 Å². The summed E-state index contributed by atoms with van der Waals surface area (Å²) in [5.74, 6) is 0.109. The molecule has 0 aromatic rings. The minimum atomic E-state index is -0.535. The van der Waals surface area contributed by atoms with Gasteiger partial charge in [0.2, 0.25) is 0 Å². The molecule has 1 unspecified atom stereocenters. The van der Waals surface area contributed by atoms with Crippen molar-refractivity contribution in [1.82, 2.24) is 4.90 Å². The second-order valence-electron chi connectivity index (χ2n) is 6.37. The summed E-state index contributed by atoms with van der Waals surface area (Å²) in [7, 11) is 1.35. The summed E-state index contributed by atoms with van der Waals surface area (Å²) in [6.07, 6.45) is 4.29. The van der Waals surface area contributed by atoms with Crippen LogP contribution < -0.4 is 0 Å². The van der Waals surface area contributed by atoms with Gasteiger partial charge < -0.3 is 14.4 Å². The molecule has 0 aromatic heterocycles. The first-order valence-electron chi connectivity index (χ1n) is 7.62. The number of carbonyl (C=O) groups excluding carboxylic acids is 2. The first-order valence-corrected chi connectivity index (χ1v) is 8.16. The van der Waals surface area contributed by atoms with Crippen LogP contribution in [-0.2, 0) is 14.3 Å². The number of likely N-dealkylation sites (tertiary alicyclic amines) is 1. The van der Waals surface area contributed by atoms with Gasteiger partial charge in [0.25, 0.3) is 0 Å². The van der Waals surface area contributed by atoms with Crippen molar-refractivity contribution in [2.45, 2.75) is 58.1 Å². The fourth-order valence-corrected chi connectivity index (χ4v) is 2.64. The molecule has 0 aromatic carbocycles. The number of methoxy groups -OCH3 is 1. The van der Waals surface area contributed by atoms with Gasteiger partial charge in [0.15, 0.2) is 0 Å². The minimum absolute atomic E-state index is 0.114. The van der Waals surface area contributed by atoms with E-state index in [0.29, 0.717) is 18.8 Å². The number of carbonyl (C=O) groups is 2. The number of nitrogens with zero attached hydrogens (tertiary/aromatic N) is 1. The molecule has 0 N–H and O–H groups in total. The molecule has 0 saturated carbocycles. The van der Waals surface area contributed by atoms with Gasteiger partial charge in [-0.1, -0.05) is 0 Å². The predicted molar refractivity (Wildman–Crippen MR) is 86.0 cm³/mol. The Labute approximate surface area is 137 Å². The number of ether oxygens (including phenoxy) is 2. The lowest BCUT2D eigenvalue weighted by Gasteiger charge is -2.30. The lowest BCUT2D eigenvalue weighted by Crippen LogP contribution is -2.40. The summed E-state index contributed by atoms with van der Waals surface area (Å²) in [6, 6.07) is -0.114. The molecule has 0 bridgehead atoms. The Morgan fingerprint density at radius 2 is 2.05 bits per heavy atom. The lowest BCUT2D eigenvalue weighted by molar-refractivity contribution is -0.134. The molecular weight excluding hydrogens is 306 g/mol. The third-order valence-electron chi connectivity index (χ3n) is 3.41. The summed E-state index contributed by atoms with van der Waals surface area (Å²) >= 11 is 5.76. The van der Waals surface area contributed by atoms with E-state index in [1.165, 1.54) is 13.2 Å². The highest BCUT2D eigenvalue weighted by Crippen LogP contribution is 2.28. The van der Waals surface area contributed by atoms with Gasteiger partial charge in [-0.25, -0.2) is 9.59 Å². The highest BCUT2D eigenvalue weighted by atomic mass is 35.5. The highest BCUT2D eigenvalue weighted by molar-refractivity contribution is 6.17. The topological polar surface area (TPSA) is 55.8 Å². The third-order valence-corrected chi connectivity index (χ3v) is 3.68. The maximum absolute atomic E-state index is 12.3. The molecule has 22 heavy (non-hydrogen) atoms. The summed E-state index contributed by atoms with van der Waals surface area (Å²) in [5.41, 5.74) is 0.350. The van der Waals surface area contributed by atoms with Crippen LogP contribution in [0.5, 0.6) is 0 Å². The van der Waals surface area contributed by atoms with Crippen LogP contribution in [0.4, 0.5) is 4.79 Å². The second kappa shape index (κ2) is 8.42. The quantitative estimate of drug-likeness (QED) is 0.439. The number of rotatable bonds is 5. The van der Waals surface area contributed by atoms with Crippen molar-refractivity contribution < 1.29 is 19.1 Å². The zero-order valence-corrected chi connectivity index (χ0v) is 14.6. The number of amides is 1.